The molecule has 0 unspecified atom stereocenters. The maximum atomic E-state index is 11.6. The Morgan fingerprint density at radius 3 is 2.93 bits per heavy atom. The molecule has 0 aliphatic heterocycles. The standard InChI is InChI=1S/C10H18N4O/c1-8(2)11-6-10(15)14(3)7-9-4-12-13-5-9/h4-5,8,11H,6-7H2,1-3H3,(H,12,13). The highest BCUT2D eigenvalue weighted by molar-refractivity contribution is 5.77. The Morgan fingerprint density at radius 1 is 1.67 bits per heavy atom. The number of aromatic amines is 1. The van der Waals surface area contributed by atoms with Gasteiger partial charge in [0.05, 0.1) is 12.7 Å². The zero-order valence-electron chi connectivity index (χ0n) is 9.45. The smallest absolute Gasteiger partial charge is 0.236 e. The third kappa shape index (κ3) is 4.12. The number of nitrogens with one attached hydrogen (secondary N) is 2. The number of likely N-dealkylation sites (N-methyl/N-ethyl adjacent to an activating group) is 1. The van der Waals surface area contributed by atoms with Crippen LogP contribution in [0.4, 0.5) is 0 Å². The van der Waals surface area contributed by atoms with Crippen LogP contribution in [0.15, 0.2) is 12.4 Å². The summed E-state index contributed by atoms with van der Waals surface area (Å²) in [5.41, 5.74) is 1.01. The first-order valence-electron chi connectivity index (χ1n) is 5.04. The van der Waals surface area contributed by atoms with Gasteiger partial charge < -0.3 is 10.2 Å². The Bertz CT molecular complexity index is 294. The molecule has 5 nitrogen and oxygen atoms in total. The van der Waals surface area contributed by atoms with Gasteiger partial charge in [-0.05, 0) is 0 Å². The van der Waals surface area contributed by atoms with Crippen LogP contribution in [0.3, 0.4) is 0 Å². The number of rotatable bonds is 5. The summed E-state index contributed by atoms with van der Waals surface area (Å²) in [7, 11) is 1.79. The lowest BCUT2D eigenvalue weighted by molar-refractivity contribution is -0.129. The lowest BCUT2D eigenvalue weighted by Crippen LogP contribution is -2.37. The zero-order valence-corrected chi connectivity index (χ0v) is 9.45. The van der Waals surface area contributed by atoms with Gasteiger partial charge in [-0.1, -0.05) is 13.8 Å². The molecule has 0 atom stereocenters. The van der Waals surface area contributed by atoms with Crippen molar-refractivity contribution in [3.05, 3.63) is 18.0 Å². The summed E-state index contributed by atoms with van der Waals surface area (Å²) < 4.78 is 0. The number of carbonyl (C=O) groups excluding carboxylic acids is 1. The van der Waals surface area contributed by atoms with Crippen LogP contribution >= 0.6 is 0 Å². The normalized spacial score (nSPS) is 10.7. The van der Waals surface area contributed by atoms with Crippen LogP contribution in [0.5, 0.6) is 0 Å². The molecule has 5 heteroatoms. The molecule has 1 rings (SSSR count). The maximum Gasteiger partial charge on any atom is 0.236 e. The zero-order chi connectivity index (χ0) is 11.3. The molecule has 1 aromatic rings. The molecule has 0 aliphatic carbocycles. The molecule has 0 aliphatic rings. The highest BCUT2D eigenvalue weighted by Gasteiger charge is 2.09. The minimum absolute atomic E-state index is 0.0879. The molecule has 0 bridgehead atoms. The van der Waals surface area contributed by atoms with E-state index < -0.39 is 0 Å². The first-order chi connectivity index (χ1) is 7.09. The summed E-state index contributed by atoms with van der Waals surface area (Å²) in [6.07, 6.45) is 3.51. The molecule has 0 fully saturated rings. The number of hydrogen-bond acceptors (Lipinski definition) is 3. The second-order valence-electron chi connectivity index (χ2n) is 3.89. The molecule has 2 N–H and O–H groups in total. The van der Waals surface area contributed by atoms with Crippen molar-refractivity contribution in [2.75, 3.05) is 13.6 Å². The Morgan fingerprint density at radius 2 is 2.40 bits per heavy atom. The molecular formula is C10H18N4O. The van der Waals surface area contributed by atoms with Crippen molar-refractivity contribution in [1.29, 1.82) is 0 Å². The fourth-order valence-corrected chi connectivity index (χ4v) is 1.15. The predicted molar refractivity (Wildman–Crippen MR) is 58.2 cm³/mol. The van der Waals surface area contributed by atoms with Crippen molar-refractivity contribution in [2.24, 2.45) is 0 Å². The summed E-state index contributed by atoms with van der Waals surface area (Å²) in [6, 6.07) is 0.330. The van der Waals surface area contributed by atoms with Gasteiger partial charge in [-0.25, -0.2) is 0 Å². The van der Waals surface area contributed by atoms with E-state index in [0.29, 0.717) is 19.1 Å². The largest absolute Gasteiger partial charge is 0.340 e. The van der Waals surface area contributed by atoms with Gasteiger partial charge in [0.25, 0.3) is 0 Å². The molecular weight excluding hydrogens is 192 g/mol. The summed E-state index contributed by atoms with van der Waals surface area (Å²) in [5, 5.41) is 9.64. The van der Waals surface area contributed by atoms with Gasteiger partial charge in [0.2, 0.25) is 5.91 Å². The number of hydrogen-bond donors (Lipinski definition) is 2. The fourth-order valence-electron chi connectivity index (χ4n) is 1.15. The van der Waals surface area contributed by atoms with Crippen molar-refractivity contribution >= 4 is 5.91 Å². The van der Waals surface area contributed by atoms with Gasteiger partial charge >= 0.3 is 0 Å². The van der Waals surface area contributed by atoms with E-state index >= 15 is 0 Å². The molecule has 0 aromatic carbocycles. The summed E-state index contributed by atoms with van der Waals surface area (Å²) >= 11 is 0. The molecule has 1 aromatic heterocycles. The van der Waals surface area contributed by atoms with Crippen molar-refractivity contribution in [3.8, 4) is 0 Å². The van der Waals surface area contributed by atoms with E-state index in [-0.39, 0.29) is 5.91 Å². The van der Waals surface area contributed by atoms with E-state index in [1.165, 1.54) is 0 Å². The van der Waals surface area contributed by atoms with Crippen LogP contribution in [0.25, 0.3) is 0 Å². The van der Waals surface area contributed by atoms with Gasteiger partial charge in [0.15, 0.2) is 0 Å². The van der Waals surface area contributed by atoms with Crippen molar-refractivity contribution in [3.63, 3.8) is 0 Å². The van der Waals surface area contributed by atoms with Gasteiger partial charge in [-0.3, -0.25) is 9.89 Å². The first kappa shape index (κ1) is 11.7. The van der Waals surface area contributed by atoms with E-state index in [1.54, 1.807) is 24.3 Å². The average Bonchev–Trinajstić information content (AvgIpc) is 2.66. The molecule has 84 valence electrons. The van der Waals surface area contributed by atoms with Crippen LogP contribution in [0.2, 0.25) is 0 Å². The van der Waals surface area contributed by atoms with Crippen LogP contribution in [0.1, 0.15) is 19.4 Å². The van der Waals surface area contributed by atoms with Gasteiger partial charge in [0.1, 0.15) is 0 Å². The SMILES string of the molecule is CC(C)NCC(=O)N(C)Cc1cn[nH]c1. The van der Waals surface area contributed by atoms with Gasteiger partial charge in [-0.2, -0.15) is 5.10 Å². The fraction of sp³-hybridized carbons (Fsp3) is 0.600. The van der Waals surface area contributed by atoms with E-state index in [2.05, 4.69) is 15.5 Å². The average molecular weight is 210 g/mol. The lowest BCUT2D eigenvalue weighted by atomic mass is 10.3. The van der Waals surface area contributed by atoms with Crippen LogP contribution in [0, 0.1) is 0 Å². The Balaban J connectivity index is 2.33. The van der Waals surface area contributed by atoms with Gasteiger partial charge in [0, 0.05) is 31.4 Å². The van der Waals surface area contributed by atoms with Crippen LogP contribution in [-0.2, 0) is 11.3 Å². The third-order valence-corrected chi connectivity index (χ3v) is 2.06. The molecule has 0 saturated carbocycles. The number of aromatic nitrogens is 2. The molecule has 1 heterocycles. The highest BCUT2D eigenvalue weighted by Crippen LogP contribution is 1.99. The highest BCUT2D eigenvalue weighted by atomic mass is 16.2. The summed E-state index contributed by atoms with van der Waals surface area (Å²) in [4.78, 5) is 13.3. The minimum Gasteiger partial charge on any atom is -0.340 e. The molecule has 1 amide bonds. The molecule has 0 spiro atoms. The Kier molecular flexibility index (Phi) is 4.30. The molecule has 0 saturated heterocycles. The number of nitrogens with zero attached hydrogens (tertiary/aromatic N) is 2. The second kappa shape index (κ2) is 5.50. The van der Waals surface area contributed by atoms with Crippen LogP contribution < -0.4 is 5.32 Å². The number of carbonyl (C=O) groups is 1. The minimum atomic E-state index is 0.0879. The van der Waals surface area contributed by atoms with Crippen molar-refractivity contribution < 1.29 is 4.79 Å². The Labute approximate surface area is 89.9 Å². The van der Waals surface area contributed by atoms with Crippen LogP contribution in [-0.4, -0.2) is 40.6 Å². The number of amides is 1. The maximum absolute atomic E-state index is 11.6. The van der Waals surface area contributed by atoms with E-state index in [1.807, 2.05) is 13.8 Å². The summed E-state index contributed by atoms with van der Waals surface area (Å²) in [6.45, 7) is 5.01. The van der Waals surface area contributed by atoms with Gasteiger partial charge in [-0.15, -0.1) is 0 Å². The first-order valence-corrected chi connectivity index (χ1v) is 5.04. The second-order valence-corrected chi connectivity index (χ2v) is 3.89. The monoisotopic (exact) mass is 210 g/mol. The molecule has 15 heavy (non-hydrogen) atoms. The van der Waals surface area contributed by atoms with E-state index in [9.17, 15) is 4.79 Å². The topological polar surface area (TPSA) is 61.0 Å². The lowest BCUT2D eigenvalue weighted by Gasteiger charge is -2.17. The van der Waals surface area contributed by atoms with Crippen molar-refractivity contribution in [1.82, 2.24) is 20.4 Å². The summed E-state index contributed by atoms with van der Waals surface area (Å²) in [5.74, 6) is 0.0879. The van der Waals surface area contributed by atoms with E-state index in [0.717, 1.165) is 5.56 Å². The molecule has 0 radical (unpaired) electrons. The number of H-pyrrole nitrogens is 1. The third-order valence-electron chi connectivity index (χ3n) is 2.06. The Hall–Kier alpha value is -1.36. The van der Waals surface area contributed by atoms with Crippen molar-refractivity contribution in [2.45, 2.75) is 26.4 Å². The quantitative estimate of drug-likeness (QED) is 0.738. The predicted octanol–water partition coefficient (Wildman–Crippen LogP) is 0.366. The van der Waals surface area contributed by atoms with E-state index in [4.69, 9.17) is 0 Å².